The van der Waals surface area contributed by atoms with Gasteiger partial charge in [-0.15, -0.1) is 0 Å². The number of carbonyl (C=O) groups is 1. The summed E-state index contributed by atoms with van der Waals surface area (Å²) in [5.41, 5.74) is 0. The molecule has 0 spiro atoms. The monoisotopic (exact) mass is 624 g/mol. The Labute approximate surface area is 274 Å². The van der Waals surface area contributed by atoms with Crippen LogP contribution in [0.5, 0.6) is 0 Å². The van der Waals surface area contributed by atoms with Gasteiger partial charge in [0.05, 0.1) is 18.8 Å². The molecule has 0 rings (SSSR count). The minimum atomic E-state index is -1.15. The van der Waals surface area contributed by atoms with Gasteiger partial charge in [0.2, 0.25) is 5.91 Å². The Morgan fingerprint density at radius 3 is 1.32 bits per heavy atom. The average Bonchev–Trinajstić information content (AvgIpc) is 3.03. The number of aliphatic hydroxyl groups is 3. The Morgan fingerprint density at radius 2 is 0.909 bits per heavy atom. The van der Waals surface area contributed by atoms with Gasteiger partial charge in [0, 0.05) is 6.42 Å². The number of rotatable bonds is 35. The molecule has 0 aromatic carbocycles. The maximum atomic E-state index is 12.4. The molecule has 0 aromatic rings. The Kier molecular flexibility index (Phi) is 34.2. The fraction of sp³-hybridized carbons (Fsp3) is 0.923. The number of aliphatic hydroxyl groups excluding tert-OH is 3. The first-order valence-electron chi connectivity index (χ1n) is 19.5. The number of allylic oxidation sites excluding steroid dienone is 2. The van der Waals surface area contributed by atoms with Crippen LogP contribution < -0.4 is 5.32 Å². The van der Waals surface area contributed by atoms with Gasteiger partial charge >= 0.3 is 0 Å². The third-order valence-corrected chi connectivity index (χ3v) is 9.12. The number of nitrogens with one attached hydrogen (secondary N) is 1. The van der Waals surface area contributed by atoms with Gasteiger partial charge in [0.25, 0.3) is 0 Å². The molecular weight excluding hydrogens is 546 g/mol. The second-order valence-corrected chi connectivity index (χ2v) is 13.5. The first-order chi connectivity index (χ1) is 21.6. The molecule has 4 N–H and O–H groups in total. The highest BCUT2D eigenvalue weighted by atomic mass is 16.3. The molecule has 0 heterocycles. The van der Waals surface area contributed by atoms with Gasteiger partial charge in [-0.05, 0) is 38.5 Å². The summed E-state index contributed by atoms with van der Waals surface area (Å²) in [6.07, 6.45) is 38.8. The van der Waals surface area contributed by atoms with E-state index >= 15 is 0 Å². The summed E-state index contributed by atoms with van der Waals surface area (Å²) in [4.78, 5) is 12.4. The lowest BCUT2D eigenvalue weighted by Crippen LogP contribution is -2.50. The van der Waals surface area contributed by atoms with Crippen LogP contribution in [0.25, 0.3) is 0 Å². The van der Waals surface area contributed by atoms with Crippen LogP contribution in [0.4, 0.5) is 0 Å². The standard InChI is InChI=1S/C39H77NO4/c1-3-5-7-9-11-13-15-17-19-20-22-24-26-28-30-32-34-38(43)40-36(35-41)39(44)37(42)33-31-29-27-25-23-21-18-16-14-12-10-8-6-4-2/h25,27,36-37,39,41-42,44H,3-24,26,28-35H2,1-2H3,(H,40,43)/b27-25+. The van der Waals surface area contributed by atoms with Crippen molar-refractivity contribution in [2.75, 3.05) is 6.61 Å². The predicted octanol–water partition coefficient (Wildman–Crippen LogP) is 10.5. The molecule has 5 heteroatoms. The molecule has 0 fully saturated rings. The zero-order valence-electron chi connectivity index (χ0n) is 29.6. The lowest BCUT2D eigenvalue weighted by molar-refractivity contribution is -0.124. The zero-order chi connectivity index (χ0) is 32.4. The van der Waals surface area contributed by atoms with Crippen LogP contribution >= 0.6 is 0 Å². The highest BCUT2D eigenvalue weighted by Gasteiger charge is 2.26. The van der Waals surface area contributed by atoms with Crippen molar-refractivity contribution in [3.8, 4) is 0 Å². The zero-order valence-corrected chi connectivity index (χ0v) is 29.6. The van der Waals surface area contributed by atoms with Crippen molar-refractivity contribution in [3.05, 3.63) is 12.2 Å². The van der Waals surface area contributed by atoms with E-state index in [1.54, 1.807) is 0 Å². The van der Waals surface area contributed by atoms with Crippen molar-refractivity contribution in [2.24, 2.45) is 0 Å². The molecule has 3 atom stereocenters. The van der Waals surface area contributed by atoms with E-state index in [-0.39, 0.29) is 12.5 Å². The molecule has 1 amide bonds. The van der Waals surface area contributed by atoms with Crippen LogP contribution in [0.3, 0.4) is 0 Å². The third-order valence-electron chi connectivity index (χ3n) is 9.12. The van der Waals surface area contributed by atoms with Crippen molar-refractivity contribution >= 4 is 5.91 Å². The number of hydrogen-bond acceptors (Lipinski definition) is 4. The van der Waals surface area contributed by atoms with E-state index in [2.05, 4.69) is 31.3 Å². The van der Waals surface area contributed by atoms with Crippen LogP contribution in [0.1, 0.15) is 206 Å². The Hall–Kier alpha value is -0.910. The molecule has 0 aliphatic heterocycles. The molecule has 5 nitrogen and oxygen atoms in total. The van der Waals surface area contributed by atoms with E-state index in [9.17, 15) is 20.1 Å². The summed E-state index contributed by atoms with van der Waals surface area (Å²) < 4.78 is 0. The maximum absolute atomic E-state index is 12.4. The molecule has 0 bridgehead atoms. The number of hydrogen-bond donors (Lipinski definition) is 4. The average molecular weight is 624 g/mol. The summed E-state index contributed by atoms with van der Waals surface area (Å²) in [6.45, 7) is 4.16. The topological polar surface area (TPSA) is 89.8 Å². The first kappa shape index (κ1) is 43.1. The molecular formula is C39H77NO4. The normalized spacial score (nSPS) is 13.8. The maximum Gasteiger partial charge on any atom is 0.220 e. The second-order valence-electron chi connectivity index (χ2n) is 13.5. The Bertz CT molecular complexity index is 611. The summed E-state index contributed by atoms with van der Waals surface area (Å²) in [6, 6.07) is -0.819. The fourth-order valence-corrected chi connectivity index (χ4v) is 6.04. The van der Waals surface area contributed by atoms with Gasteiger partial charge in [-0.25, -0.2) is 0 Å². The highest BCUT2D eigenvalue weighted by molar-refractivity contribution is 5.76. The van der Waals surface area contributed by atoms with Crippen LogP contribution in [0.15, 0.2) is 12.2 Å². The molecule has 0 aliphatic rings. The van der Waals surface area contributed by atoms with Crippen LogP contribution in [-0.2, 0) is 4.79 Å². The van der Waals surface area contributed by atoms with E-state index < -0.39 is 18.2 Å². The van der Waals surface area contributed by atoms with Crippen LogP contribution in [0, 0.1) is 0 Å². The lowest BCUT2D eigenvalue weighted by Gasteiger charge is -2.26. The van der Waals surface area contributed by atoms with Crippen molar-refractivity contribution in [3.63, 3.8) is 0 Å². The van der Waals surface area contributed by atoms with Crippen molar-refractivity contribution in [2.45, 2.75) is 225 Å². The molecule has 3 unspecified atom stereocenters. The van der Waals surface area contributed by atoms with E-state index in [0.717, 1.165) is 38.5 Å². The van der Waals surface area contributed by atoms with Crippen LogP contribution in [0.2, 0.25) is 0 Å². The predicted molar refractivity (Wildman–Crippen MR) is 190 cm³/mol. The summed E-state index contributed by atoms with van der Waals surface area (Å²) in [5, 5.41) is 33.4. The molecule has 44 heavy (non-hydrogen) atoms. The van der Waals surface area contributed by atoms with Gasteiger partial charge in [-0.3, -0.25) is 4.79 Å². The van der Waals surface area contributed by atoms with E-state index in [1.165, 1.54) is 141 Å². The Balaban J connectivity index is 3.69. The van der Waals surface area contributed by atoms with Gasteiger partial charge in [-0.2, -0.15) is 0 Å². The fourth-order valence-electron chi connectivity index (χ4n) is 6.04. The highest BCUT2D eigenvalue weighted by Crippen LogP contribution is 2.15. The molecule has 0 aliphatic carbocycles. The van der Waals surface area contributed by atoms with Gasteiger partial charge in [0.1, 0.15) is 6.10 Å². The Morgan fingerprint density at radius 1 is 0.545 bits per heavy atom. The quantitative estimate of drug-likeness (QED) is 0.0418. The van der Waals surface area contributed by atoms with Gasteiger partial charge in [-0.1, -0.05) is 174 Å². The number of carbonyl (C=O) groups excluding carboxylic acids is 1. The second kappa shape index (κ2) is 35.0. The van der Waals surface area contributed by atoms with Crippen LogP contribution in [-0.4, -0.2) is 46.1 Å². The smallest absolute Gasteiger partial charge is 0.220 e. The summed E-state index contributed by atoms with van der Waals surface area (Å²) in [7, 11) is 0. The van der Waals surface area contributed by atoms with Gasteiger partial charge in [0.15, 0.2) is 0 Å². The lowest BCUT2D eigenvalue weighted by atomic mass is 10.0. The number of amides is 1. The van der Waals surface area contributed by atoms with Gasteiger partial charge < -0.3 is 20.6 Å². The molecule has 0 saturated carbocycles. The van der Waals surface area contributed by atoms with Crippen molar-refractivity contribution in [1.82, 2.24) is 5.32 Å². The summed E-state index contributed by atoms with van der Waals surface area (Å²) in [5.74, 6) is -0.153. The summed E-state index contributed by atoms with van der Waals surface area (Å²) >= 11 is 0. The first-order valence-corrected chi connectivity index (χ1v) is 19.5. The number of unbranched alkanes of at least 4 members (excludes halogenated alkanes) is 25. The van der Waals surface area contributed by atoms with E-state index in [4.69, 9.17) is 0 Å². The minimum Gasteiger partial charge on any atom is -0.394 e. The molecule has 0 radical (unpaired) electrons. The molecule has 262 valence electrons. The third kappa shape index (κ3) is 29.8. The van der Waals surface area contributed by atoms with Crippen molar-refractivity contribution < 1.29 is 20.1 Å². The SMILES string of the molecule is CCCCCCCCCCC/C=C/CCCC(O)C(O)C(CO)NC(=O)CCCCCCCCCCCCCCCCCC. The molecule has 0 saturated heterocycles. The largest absolute Gasteiger partial charge is 0.394 e. The van der Waals surface area contributed by atoms with Crippen molar-refractivity contribution in [1.29, 1.82) is 0 Å². The molecule has 0 aromatic heterocycles. The van der Waals surface area contributed by atoms with E-state index in [1.807, 2.05) is 0 Å². The van der Waals surface area contributed by atoms with E-state index in [0.29, 0.717) is 12.8 Å². The minimum absolute atomic E-state index is 0.153.